The largest absolute Gasteiger partial charge is 0.369 e. The van der Waals surface area contributed by atoms with E-state index in [0.717, 1.165) is 28.5 Å². The summed E-state index contributed by atoms with van der Waals surface area (Å²) in [5.41, 5.74) is 3.65. The molecule has 0 aliphatic heterocycles. The van der Waals surface area contributed by atoms with Crippen molar-refractivity contribution in [1.29, 1.82) is 0 Å². The molecule has 4 aromatic rings. The van der Waals surface area contributed by atoms with Crippen molar-refractivity contribution >= 4 is 32.5 Å². The van der Waals surface area contributed by atoms with Gasteiger partial charge in [-0.25, -0.2) is 18.4 Å². The van der Waals surface area contributed by atoms with Crippen molar-refractivity contribution in [2.45, 2.75) is 37.5 Å². The van der Waals surface area contributed by atoms with Gasteiger partial charge in [0.15, 0.2) is 9.84 Å². The highest BCUT2D eigenvalue weighted by Gasteiger charge is 2.28. The monoisotopic (exact) mass is 517 g/mol. The minimum absolute atomic E-state index is 0.0590. The second kappa shape index (κ2) is 10.6. The number of hydrogen-bond acceptors (Lipinski definition) is 7. The van der Waals surface area contributed by atoms with Crippen molar-refractivity contribution in [3.63, 3.8) is 0 Å². The van der Waals surface area contributed by atoms with Crippen LogP contribution in [0.5, 0.6) is 0 Å². The van der Waals surface area contributed by atoms with E-state index in [1.165, 1.54) is 6.33 Å². The number of aromatic nitrogens is 3. The van der Waals surface area contributed by atoms with Gasteiger partial charge in [0.2, 0.25) is 0 Å². The van der Waals surface area contributed by atoms with E-state index in [4.69, 9.17) is 0 Å². The van der Waals surface area contributed by atoms with Crippen LogP contribution in [0, 0.1) is 0 Å². The lowest BCUT2D eigenvalue weighted by Crippen LogP contribution is -2.31. The number of amides is 1. The maximum absolute atomic E-state index is 12.4. The van der Waals surface area contributed by atoms with Crippen LogP contribution in [0.4, 0.5) is 5.82 Å². The van der Waals surface area contributed by atoms with Crippen LogP contribution in [0.2, 0.25) is 0 Å². The van der Waals surface area contributed by atoms with Crippen LogP contribution in [0.15, 0.2) is 72.0 Å². The fourth-order valence-corrected chi connectivity index (χ4v) is 5.19. The molecule has 0 saturated carbocycles. The number of fused-ring (bicyclic) bond motifs is 1. The molecule has 2 N–H and O–H groups in total. The first-order valence-corrected chi connectivity index (χ1v) is 13.9. The van der Waals surface area contributed by atoms with E-state index in [1.54, 1.807) is 50.5 Å². The Morgan fingerprint density at radius 1 is 1.00 bits per heavy atom. The molecular weight excluding hydrogens is 486 g/mol. The minimum Gasteiger partial charge on any atom is -0.369 e. The lowest BCUT2D eigenvalue weighted by molar-refractivity contribution is 0.0964. The van der Waals surface area contributed by atoms with E-state index >= 15 is 0 Å². The van der Waals surface area contributed by atoms with Crippen LogP contribution >= 0.6 is 0 Å². The molecule has 2 aromatic heterocycles. The zero-order chi connectivity index (χ0) is 26.6. The van der Waals surface area contributed by atoms with Crippen LogP contribution in [-0.4, -0.2) is 48.6 Å². The Balaban J connectivity index is 1.61. The highest BCUT2D eigenvalue weighted by molar-refractivity contribution is 7.91. The van der Waals surface area contributed by atoms with Crippen molar-refractivity contribution in [2.75, 3.05) is 24.7 Å². The molecule has 0 unspecified atom stereocenters. The van der Waals surface area contributed by atoms with E-state index in [1.807, 2.05) is 18.2 Å². The summed E-state index contributed by atoms with van der Waals surface area (Å²) in [5, 5.41) is 6.97. The number of para-hydroxylation sites is 1. The molecule has 0 saturated heterocycles. The number of hydrogen-bond donors (Lipinski definition) is 2. The number of rotatable bonds is 9. The average molecular weight is 518 g/mol. The molecule has 8 nitrogen and oxygen atoms in total. The van der Waals surface area contributed by atoms with E-state index in [2.05, 4.69) is 45.5 Å². The van der Waals surface area contributed by atoms with Crippen LogP contribution < -0.4 is 10.6 Å². The van der Waals surface area contributed by atoms with Gasteiger partial charge in [0.05, 0.1) is 27.4 Å². The summed E-state index contributed by atoms with van der Waals surface area (Å²) in [6.45, 7) is 6.50. The lowest BCUT2D eigenvalue weighted by atomic mass is 9.78. The number of carbonyl (C=O) groups is 1. The van der Waals surface area contributed by atoms with Crippen molar-refractivity contribution < 1.29 is 13.2 Å². The predicted molar refractivity (Wildman–Crippen MR) is 146 cm³/mol. The Hall–Kier alpha value is -3.85. The van der Waals surface area contributed by atoms with Gasteiger partial charge in [0.25, 0.3) is 5.91 Å². The second-order valence-corrected chi connectivity index (χ2v) is 11.4. The maximum Gasteiger partial charge on any atom is 0.251 e. The van der Waals surface area contributed by atoms with Crippen molar-refractivity contribution in [3.8, 4) is 11.3 Å². The fraction of sp³-hybridized carbons (Fsp3) is 0.286. The Kier molecular flexibility index (Phi) is 7.54. The van der Waals surface area contributed by atoms with Crippen LogP contribution in [0.1, 0.15) is 43.1 Å². The molecule has 1 atom stereocenters. The number of anilines is 1. The molecular formula is C28H31N5O3S. The van der Waals surface area contributed by atoms with Gasteiger partial charge in [-0.1, -0.05) is 51.1 Å². The van der Waals surface area contributed by atoms with Gasteiger partial charge >= 0.3 is 0 Å². The first-order chi connectivity index (χ1) is 17.7. The number of nitrogens with one attached hydrogen (secondary N) is 2. The Bertz CT molecular complexity index is 1540. The molecule has 9 heteroatoms. The van der Waals surface area contributed by atoms with Gasteiger partial charge in [0.1, 0.15) is 12.1 Å². The third-order valence-electron chi connectivity index (χ3n) is 6.89. The molecule has 2 aromatic carbocycles. The topological polar surface area (TPSA) is 114 Å². The van der Waals surface area contributed by atoms with E-state index in [0.29, 0.717) is 28.5 Å². The van der Waals surface area contributed by atoms with Crippen LogP contribution in [0.3, 0.4) is 0 Å². The third kappa shape index (κ3) is 5.32. The highest BCUT2D eigenvalue weighted by Crippen LogP contribution is 2.34. The van der Waals surface area contributed by atoms with E-state index in [-0.39, 0.29) is 17.1 Å². The Labute approximate surface area is 217 Å². The number of benzene rings is 2. The summed E-state index contributed by atoms with van der Waals surface area (Å²) in [5.74, 6) is 0.576. The molecule has 4 rings (SSSR count). The summed E-state index contributed by atoms with van der Waals surface area (Å²) in [7, 11) is -1.64. The molecule has 2 heterocycles. The SMILES string of the molecule is CC[C@](C)(CNc1cc(-c2ccc(S(=O)(=O)CC)cc2)ncn1)c1cccc2c(C(=O)NC)ccnc12. The lowest BCUT2D eigenvalue weighted by Gasteiger charge is -2.30. The molecule has 1 amide bonds. The number of pyridine rings is 1. The molecule has 0 radical (unpaired) electrons. The summed E-state index contributed by atoms with van der Waals surface area (Å²) in [6, 6.07) is 16.3. The number of nitrogens with zero attached hydrogens (tertiary/aromatic N) is 3. The fourth-order valence-electron chi connectivity index (χ4n) is 4.30. The van der Waals surface area contributed by atoms with Gasteiger partial charge in [-0.3, -0.25) is 9.78 Å². The summed E-state index contributed by atoms with van der Waals surface area (Å²) in [4.78, 5) is 26.1. The van der Waals surface area contributed by atoms with Crippen molar-refractivity contribution in [2.24, 2.45) is 0 Å². The summed E-state index contributed by atoms with van der Waals surface area (Å²) >= 11 is 0. The molecule has 192 valence electrons. The first kappa shape index (κ1) is 26.2. The number of sulfone groups is 1. The van der Waals surface area contributed by atoms with E-state index < -0.39 is 9.84 Å². The average Bonchev–Trinajstić information content (AvgIpc) is 2.95. The third-order valence-corrected chi connectivity index (χ3v) is 8.64. The molecule has 0 bridgehead atoms. The Morgan fingerprint density at radius 2 is 1.76 bits per heavy atom. The van der Waals surface area contributed by atoms with Crippen molar-refractivity contribution in [3.05, 3.63) is 78.2 Å². The van der Waals surface area contributed by atoms with E-state index in [9.17, 15) is 13.2 Å². The second-order valence-electron chi connectivity index (χ2n) is 9.12. The molecule has 0 aliphatic carbocycles. The molecule has 0 aliphatic rings. The quantitative estimate of drug-likeness (QED) is 0.333. The minimum atomic E-state index is -3.26. The first-order valence-electron chi connectivity index (χ1n) is 12.2. The van der Waals surface area contributed by atoms with Gasteiger partial charge in [-0.2, -0.15) is 0 Å². The van der Waals surface area contributed by atoms with Gasteiger partial charge in [0, 0.05) is 42.2 Å². The molecule has 0 fully saturated rings. The van der Waals surface area contributed by atoms with Crippen LogP contribution in [0.25, 0.3) is 22.2 Å². The van der Waals surface area contributed by atoms with Gasteiger partial charge in [-0.15, -0.1) is 0 Å². The summed E-state index contributed by atoms with van der Waals surface area (Å²) in [6.07, 6.45) is 4.00. The summed E-state index contributed by atoms with van der Waals surface area (Å²) < 4.78 is 24.2. The maximum atomic E-state index is 12.4. The zero-order valence-corrected chi connectivity index (χ0v) is 22.3. The highest BCUT2D eigenvalue weighted by atomic mass is 32.2. The normalized spacial score (nSPS) is 13.2. The number of carbonyl (C=O) groups excluding carboxylic acids is 1. The molecule has 37 heavy (non-hydrogen) atoms. The van der Waals surface area contributed by atoms with Gasteiger partial charge in [-0.05, 0) is 30.2 Å². The van der Waals surface area contributed by atoms with Crippen molar-refractivity contribution in [1.82, 2.24) is 20.3 Å². The smallest absolute Gasteiger partial charge is 0.251 e. The predicted octanol–water partition coefficient (Wildman–Crippen LogP) is 4.62. The Morgan fingerprint density at radius 3 is 2.43 bits per heavy atom. The zero-order valence-electron chi connectivity index (χ0n) is 21.4. The molecule has 0 spiro atoms. The van der Waals surface area contributed by atoms with Crippen LogP contribution in [-0.2, 0) is 15.3 Å². The van der Waals surface area contributed by atoms with Gasteiger partial charge < -0.3 is 10.6 Å². The standard InChI is InChI=1S/C28H31N5O3S/c1-5-28(3,23-9-7-8-21-22(27(34)29-4)14-15-30-26(21)23)17-31-25-16-24(32-18-33-25)19-10-12-20(13-11-19)37(35,36)6-2/h7-16,18H,5-6,17H2,1-4H3,(H,29,34)(H,31,32,33)/t28-/m1/s1.